The molecule has 0 atom stereocenters. The topological polar surface area (TPSA) is 13.1 Å². The van der Waals surface area contributed by atoms with Crippen LogP contribution in [0.3, 0.4) is 0 Å². The molecule has 0 N–H and O–H groups in total. The summed E-state index contributed by atoms with van der Waals surface area (Å²) in [6, 6.07) is 11.8. The zero-order chi connectivity index (χ0) is 9.80. The summed E-state index contributed by atoms with van der Waals surface area (Å²) in [7, 11) is 0. The molecule has 0 saturated heterocycles. The van der Waals surface area contributed by atoms with Crippen LogP contribution in [-0.4, -0.2) is 0 Å². The van der Waals surface area contributed by atoms with Crippen molar-refractivity contribution >= 4 is 0 Å². The smallest absolute Gasteiger partial charge is 0.228 e. The van der Waals surface area contributed by atoms with E-state index in [4.69, 9.17) is 4.84 Å². The number of benzene rings is 1. The van der Waals surface area contributed by atoms with Gasteiger partial charge in [0.1, 0.15) is 0 Å². The van der Waals surface area contributed by atoms with Crippen LogP contribution in [0.5, 0.6) is 5.75 Å². The van der Waals surface area contributed by atoms with Gasteiger partial charge in [0.2, 0.25) is 18.1 Å². The number of hydrogen-bond acceptors (Lipinski definition) is 1. The van der Waals surface area contributed by atoms with Gasteiger partial charge in [0.15, 0.2) is 5.82 Å². The van der Waals surface area contributed by atoms with E-state index in [1.165, 1.54) is 10.8 Å². The second kappa shape index (κ2) is 3.87. The lowest BCUT2D eigenvalue weighted by molar-refractivity contribution is -0.875. The monoisotopic (exact) mass is 190 g/mol. The zero-order valence-corrected chi connectivity index (χ0v) is 7.43. The van der Waals surface area contributed by atoms with Gasteiger partial charge >= 0.3 is 0 Å². The van der Waals surface area contributed by atoms with Crippen LogP contribution in [-0.2, 0) is 0 Å². The fraction of sp³-hybridized carbons (Fsp3) is 0. The van der Waals surface area contributed by atoms with Crippen molar-refractivity contribution in [3.63, 3.8) is 0 Å². The van der Waals surface area contributed by atoms with Crippen LogP contribution in [0.15, 0.2) is 54.9 Å². The third-order valence-electron chi connectivity index (χ3n) is 1.73. The minimum atomic E-state index is -0.371. The molecule has 14 heavy (non-hydrogen) atoms. The zero-order valence-electron chi connectivity index (χ0n) is 7.43. The molecule has 0 amide bonds. The first-order chi connectivity index (χ1) is 6.86. The molecule has 0 unspecified atom stereocenters. The average molecular weight is 190 g/mol. The molecule has 0 radical (unpaired) electrons. The maximum absolute atomic E-state index is 13.1. The highest BCUT2D eigenvalue weighted by Crippen LogP contribution is 2.13. The van der Waals surface area contributed by atoms with Crippen LogP contribution in [0.2, 0.25) is 0 Å². The molecule has 70 valence electrons. The molecule has 2 aromatic rings. The highest BCUT2D eigenvalue weighted by atomic mass is 19.1. The minimum absolute atomic E-state index is 0.212. The Hall–Kier alpha value is -1.90. The van der Waals surface area contributed by atoms with E-state index in [1.807, 2.05) is 6.07 Å². The van der Waals surface area contributed by atoms with E-state index in [9.17, 15) is 4.39 Å². The van der Waals surface area contributed by atoms with Gasteiger partial charge < -0.3 is 0 Å². The molecule has 0 aliphatic carbocycles. The normalized spacial score (nSPS) is 9.79. The van der Waals surface area contributed by atoms with Crippen molar-refractivity contribution in [2.75, 3.05) is 0 Å². The van der Waals surface area contributed by atoms with Crippen molar-refractivity contribution in [1.29, 1.82) is 0 Å². The summed E-state index contributed by atoms with van der Waals surface area (Å²) < 4.78 is 14.6. The van der Waals surface area contributed by atoms with Crippen LogP contribution in [0.25, 0.3) is 0 Å². The Balaban J connectivity index is 2.24. The van der Waals surface area contributed by atoms with Crippen LogP contribution >= 0.6 is 0 Å². The minimum Gasteiger partial charge on any atom is -0.228 e. The van der Waals surface area contributed by atoms with E-state index in [1.54, 1.807) is 42.7 Å². The lowest BCUT2D eigenvalue weighted by Gasteiger charge is -1.97. The molecule has 2 rings (SSSR count). The molecule has 0 fully saturated rings. The van der Waals surface area contributed by atoms with Crippen molar-refractivity contribution in [2.45, 2.75) is 0 Å². The van der Waals surface area contributed by atoms with Crippen LogP contribution in [0.1, 0.15) is 0 Å². The second-order valence-electron chi connectivity index (χ2n) is 2.76. The number of aromatic nitrogens is 1. The Kier molecular flexibility index (Phi) is 2.40. The number of para-hydroxylation sites is 1. The molecule has 0 spiro atoms. The highest BCUT2D eigenvalue weighted by molar-refractivity contribution is 5.22. The number of hydrogen-bond donors (Lipinski definition) is 0. The largest absolute Gasteiger partial charge is 0.239 e. The summed E-state index contributed by atoms with van der Waals surface area (Å²) in [5, 5.41) is 0. The quantitative estimate of drug-likeness (QED) is 0.660. The third kappa shape index (κ3) is 1.88. The SMILES string of the molecule is Fc1ccccc1O[n+]1ccccc1. The van der Waals surface area contributed by atoms with Crippen molar-refractivity contribution in [3.05, 3.63) is 60.7 Å². The van der Waals surface area contributed by atoms with E-state index in [-0.39, 0.29) is 11.6 Å². The van der Waals surface area contributed by atoms with Gasteiger partial charge in [-0.15, -0.1) is 0 Å². The van der Waals surface area contributed by atoms with Gasteiger partial charge in [-0.05, 0) is 12.1 Å². The first kappa shape index (κ1) is 8.69. The van der Waals surface area contributed by atoms with Crippen molar-refractivity contribution in [3.8, 4) is 5.75 Å². The summed E-state index contributed by atoms with van der Waals surface area (Å²) in [4.78, 5) is 5.25. The Morgan fingerprint density at radius 3 is 2.36 bits per heavy atom. The van der Waals surface area contributed by atoms with E-state index in [0.29, 0.717) is 0 Å². The molecular formula is C11H9FNO+. The number of pyridine rings is 1. The van der Waals surface area contributed by atoms with Gasteiger partial charge in [0, 0.05) is 16.9 Å². The molecule has 0 aliphatic heterocycles. The molecule has 2 nitrogen and oxygen atoms in total. The predicted molar refractivity (Wildman–Crippen MR) is 49.1 cm³/mol. The van der Waals surface area contributed by atoms with Gasteiger partial charge in [0.05, 0.1) is 0 Å². The van der Waals surface area contributed by atoms with Crippen LogP contribution in [0, 0.1) is 5.82 Å². The standard InChI is InChI=1S/C11H9FNO/c12-10-6-2-3-7-11(10)14-13-8-4-1-5-9-13/h1-9H/q+1. The van der Waals surface area contributed by atoms with Gasteiger partial charge in [0.25, 0.3) is 0 Å². The molecule has 3 heteroatoms. The molecule has 0 saturated carbocycles. The second-order valence-corrected chi connectivity index (χ2v) is 2.76. The molecule has 0 aliphatic rings. The molecule has 0 bridgehead atoms. The van der Waals surface area contributed by atoms with E-state index < -0.39 is 0 Å². The highest BCUT2D eigenvalue weighted by Gasteiger charge is 2.07. The Labute approximate surface area is 81.2 Å². The fourth-order valence-corrected chi connectivity index (χ4v) is 1.08. The summed E-state index contributed by atoms with van der Waals surface area (Å²) in [5.41, 5.74) is 0. The van der Waals surface area contributed by atoms with Gasteiger partial charge in [-0.25, -0.2) is 9.23 Å². The summed E-state index contributed by atoms with van der Waals surface area (Å²) in [5.74, 6) is -0.160. The average Bonchev–Trinajstić information content (AvgIpc) is 2.23. The van der Waals surface area contributed by atoms with Crippen LogP contribution < -0.4 is 9.57 Å². The van der Waals surface area contributed by atoms with Crippen molar-refractivity contribution in [1.82, 2.24) is 0 Å². The van der Waals surface area contributed by atoms with Gasteiger partial charge in [-0.1, -0.05) is 18.2 Å². The van der Waals surface area contributed by atoms with Gasteiger partial charge in [-0.3, -0.25) is 0 Å². The van der Waals surface area contributed by atoms with Crippen molar-refractivity contribution < 1.29 is 14.0 Å². The van der Waals surface area contributed by atoms with Gasteiger partial charge in [-0.2, -0.15) is 0 Å². The summed E-state index contributed by atoms with van der Waals surface area (Å²) in [6.07, 6.45) is 3.40. The number of nitrogens with zero attached hydrogens (tertiary/aromatic N) is 1. The lowest BCUT2D eigenvalue weighted by Crippen LogP contribution is -2.38. The number of halogens is 1. The first-order valence-electron chi connectivity index (χ1n) is 4.25. The first-order valence-corrected chi connectivity index (χ1v) is 4.25. The van der Waals surface area contributed by atoms with Crippen molar-refractivity contribution in [2.24, 2.45) is 0 Å². The third-order valence-corrected chi connectivity index (χ3v) is 1.73. The fourth-order valence-electron chi connectivity index (χ4n) is 1.08. The van der Waals surface area contributed by atoms with E-state index >= 15 is 0 Å². The maximum atomic E-state index is 13.1. The number of rotatable bonds is 2. The molecule has 1 aromatic carbocycles. The Morgan fingerprint density at radius 2 is 1.64 bits per heavy atom. The van der Waals surface area contributed by atoms with E-state index in [2.05, 4.69) is 0 Å². The summed E-state index contributed by atoms with van der Waals surface area (Å²) in [6.45, 7) is 0. The predicted octanol–water partition coefficient (Wildman–Crippen LogP) is 1.96. The van der Waals surface area contributed by atoms with Crippen LogP contribution in [0.4, 0.5) is 4.39 Å². The van der Waals surface area contributed by atoms with E-state index in [0.717, 1.165) is 0 Å². The molecule has 1 heterocycles. The molecule has 1 aromatic heterocycles. The Morgan fingerprint density at radius 1 is 0.929 bits per heavy atom. The lowest BCUT2D eigenvalue weighted by atomic mass is 10.3. The maximum Gasteiger partial charge on any atom is 0.239 e. The Bertz CT molecular complexity index is 417. The summed E-state index contributed by atoms with van der Waals surface area (Å²) >= 11 is 0. The molecular weight excluding hydrogens is 181 g/mol.